The molecule has 0 aliphatic carbocycles. The van der Waals surface area contributed by atoms with Crippen LogP contribution in [0.3, 0.4) is 0 Å². The molecule has 0 saturated carbocycles. The van der Waals surface area contributed by atoms with Crippen molar-refractivity contribution < 1.29 is 14.3 Å². The molecule has 0 spiro atoms. The highest BCUT2D eigenvalue weighted by atomic mass is 32.2. The molecule has 0 fully saturated rings. The molecule has 1 N–H and O–H groups in total. The molecule has 1 aromatic heterocycles. The third-order valence-corrected chi connectivity index (χ3v) is 4.28. The lowest BCUT2D eigenvalue weighted by Gasteiger charge is -2.08. The SMILES string of the molecule is Cc1ccc2c(CSCC(C)C(=O)O)cc(=O)oc2c1. The van der Waals surface area contributed by atoms with E-state index in [1.165, 1.54) is 17.8 Å². The van der Waals surface area contributed by atoms with Gasteiger partial charge in [0.15, 0.2) is 0 Å². The van der Waals surface area contributed by atoms with E-state index < -0.39 is 11.9 Å². The summed E-state index contributed by atoms with van der Waals surface area (Å²) in [5.41, 5.74) is 2.13. The van der Waals surface area contributed by atoms with Crippen molar-refractivity contribution >= 4 is 28.7 Å². The number of hydrogen-bond acceptors (Lipinski definition) is 4. The minimum atomic E-state index is -0.800. The summed E-state index contributed by atoms with van der Waals surface area (Å²) < 4.78 is 5.19. The number of carbonyl (C=O) groups is 1. The maximum Gasteiger partial charge on any atom is 0.336 e. The van der Waals surface area contributed by atoms with E-state index in [1.807, 2.05) is 25.1 Å². The molecule has 0 amide bonds. The summed E-state index contributed by atoms with van der Waals surface area (Å²) in [6.07, 6.45) is 0. The first-order valence-electron chi connectivity index (χ1n) is 6.31. The lowest BCUT2D eigenvalue weighted by Crippen LogP contribution is -2.12. The molecule has 2 aromatic rings. The molecule has 0 saturated heterocycles. The van der Waals surface area contributed by atoms with Gasteiger partial charge in [-0.25, -0.2) is 4.79 Å². The lowest BCUT2D eigenvalue weighted by molar-refractivity contribution is -0.140. The van der Waals surface area contributed by atoms with Crippen LogP contribution in [0.15, 0.2) is 33.5 Å². The van der Waals surface area contributed by atoms with Crippen LogP contribution < -0.4 is 5.63 Å². The Labute approximate surface area is 120 Å². The first-order chi connectivity index (χ1) is 9.47. The Kier molecular flexibility index (Phi) is 4.49. The molecular formula is C15H16O4S. The molecule has 4 nitrogen and oxygen atoms in total. The fraction of sp³-hybridized carbons (Fsp3) is 0.333. The zero-order valence-corrected chi connectivity index (χ0v) is 12.2. The van der Waals surface area contributed by atoms with Gasteiger partial charge in [0.05, 0.1) is 5.92 Å². The van der Waals surface area contributed by atoms with Crippen molar-refractivity contribution in [1.82, 2.24) is 0 Å². The van der Waals surface area contributed by atoms with E-state index >= 15 is 0 Å². The summed E-state index contributed by atoms with van der Waals surface area (Å²) in [4.78, 5) is 22.3. The van der Waals surface area contributed by atoms with Gasteiger partial charge in [0, 0.05) is 23.0 Å². The molecule has 0 radical (unpaired) electrons. The van der Waals surface area contributed by atoms with Crippen molar-refractivity contribution in [3.8, 4) is 0 Å². The monoisotopic (exact) mass is 292 g/mol. The van der Waals surface area contributed by atoms with Gasteiger partial charge in [0.25, 0.3) is 0 Å². The Bertz CT molecular complexity index is 690. The zero-order chi connectivity index (χ0) is 14.7. The number of aliphatic carboxylic acids is 1. The summed E-state index contributed by atoms with van der Waals surface area (Å²) in [6, 6.07) is 7.22. The van der Waals surface area contributed by atoms with Crippen LogP contribution in [0.4, 0.5) is 0 Å². The van der Waals surface area contributed by atoms with Gasteiger partial charge in [-0.3, -0.25) is 4.79 Å². The average molecular weight is 292 g/mol. The zero-order valence-electron chi connectivity index (χ0n) is 11.4. The van der Waals surface area contributed by atoms with Crippen molar-refractivity contribution in [3.05, 3.63) is 45.8 Å². The molecular weight excluding hydrogens is 276 g/mol. The highest BCUT2D eigenvalue weighted by Crippen LogP contribution is 2.23. The molecule has 0 bridgehead atoms. The van der Waals surface area contributed by atoms with Gasteiger partial charge >= 0.3 is 11.6 Å². The number of thioether (sulfide) groups is 1. The molecule has 2 rings (SSSR count). The Balaban J connectivity index is 2.21. The fourth-order valence-electron chi connectivity index (χ4n) is 1.87. The van der Waals surface area contributed by atoms with Crippen molar-refractivity contribution in [1.29, 1.82) is 0 Å². The van der Waals surface area contributed by atoms with Gasteiger partial charge in [-0.1, -0.05) is 19.1 Å². The van der Waals surface area contributed by atoms with Crippen LogP contribution in [0.5, 0.6) is 0 Å². The quantitative estimate of drug-likeness (QED) is 0.858. The number of fused-ring (bicyclic) bond motifs is 1. The molecule has 5 heteroatoms. The number of carboxylic acid groups (broad SMARTS) is 1. The van der Waals surface area contributed by atoms with E-state index in [-0.39, 0.29) is 5.63 Å². The van der Waals surface area contributed by atoms with Gasteiger partial charge < -0.3 is 9.52 Å². The molecule has 1 aromatic carbocycles. The Hall–Kier alpha value is -1.75. The highest BCUT2D eigenvalue weighted by molar-refractivity contribution is 7.98. The highest BCUT2D eigenvalue weighted by Gasteiger charge is 2.12. The Morgan fingerprint density at radius 2 is 2.15 bits per heavy atom. The van der Waals surface area contributed by atoms with Crippen LogP contribution in [-0.4, -0.2) is 16.8 Å². The summed E-state index contributed by atoms with van der Waals surface area (Å²) in [7, 11) is 0. The van der Waals surface area contributed by atoms with Crippen molar-refractivity contribution in [2.24, 2.45) is 5.92 Å². The molecule has 1 atom stereocenters. The lowest BCUT2D eigenvalue weighted by atomic mass is 10.1. The van der Waals surface area contributed by atoms with Gasteiger partial charge in [0.2, 0.25) is 0 Å². The van der Waals surface area contributed by atoms with Gasteiger partial charge in [-0.15, -0.1) is 0 Å². The maximum atomic E-state index is 11.6. The molecule has 106 valence electrons. The van der Waals surface area contributed by atoms with E-state index in [4.69, 9.17) is 9.52 Å². The Morgan fingerprint density at radius 1 is 1.40 bits per heavy atom. The van der Waals surface area contributed by atoms with E-state index in [9.17, 15) is 9.59 Å². The van der Waals surface area contributed by atoms with Gasteiger partial charge in [0.1, 0.15) is 5.58 Å². The minimum absolute atomic E-state index is 0.370. The van der Waals surface area contributed by atoms with Gasteiger partial charge in [-0.2, -0.15) is 11.8 Å². The van der Waals surface area contributed by atoms with E-state index in [0.717, 1.165) is 16.5 Å². The predicted molar refractivity (Wildman–Crippen MR) is 80.2 cm³/mol. The second-order valence-electron chi connectivity index (χ2n) is 4.84. The topological polar surface area (TPSA) is 67.5 Å². The molecule has 0 aliphatic rings. The first-order valence-corrected chi connectivity index (χ1v) is 7.47. The second-order valence-corrected chi connectivity index (χ2v) is 5.87. The number of aryl methyl sites for hydroxylation is 1. The normalized spacial score (nSPS) is 12.5. The Morgan fingerprint density at radius 3 is 2.85 bits per heavy atom. The first kappa shape index (κ1) is 14.7. The second kappa shape index (κ2) is 6.13. The number of rotatable bonds is 5. The van der Waals surface area contributed by atoms with Crippen LogP contribution in [0, 0.1) is 12.8 Å². The fourth-order valence-corrected chi connectivity index (χ4v) is 2.95. The van der Waals surface area contributed by atoms with Crippen LogP contribution in [0.2, 0.25) is 0 Å². The number of benzene rings is 1. The number of hydrogen-bond donors (Lipinski definition) is 1. The van der Waals surface area contributed by atoms with Crippen molar-refractivity contribution in [2.75, 3.05) is 5.75 Å². The molecule has 0 aliphatic heterocycles. The summed E-state index contributed by atoms with van der Waals surface area (Å²) in [5, 5.41) is 9.76. The summed E-state index contributed by atoms with van der Waals surface area (Å²) in [6.45, 7) is 3.62. The third-order valence-electron chi connectivity index (χ3n) is 3.03. The van der Waals surface area contributed by atoms with Crippen molar-refractivity contribution in [2.45, 2.75) is 19.6 Å². The molecule has 20 heavy (non-hydrogen) atoms. The van der Waals surface area contributed by atoms with E-state index in [0.29, 0.717) is 17.1 Å². The van der Waals surface area contributed by atoms with Gasteiger partial charge in [-0.05, 0) is 24.1 Å². The summed E-state index contributed by atoms with van der Waals surface area (Å²) in [5.74, 6) is -0.0784. The maximum absolute atomic E-state index is 11.6. The smallest absolute Gasteiger partial charge is 0.336 e. The minimum Gasteiger partial charge on any atom is -0.481 e. The molecule has 1 unspecified atom stereocenters. The third kappa shape index (κ3) is 3.42. The average Bonchev–Trinajstić information content (AvgIpc) is 2.37. The standard InChI is InChI=1S/C15H16O4S/c1-9-3-4-12-11(6-14(16)19-13(12)5-9)8-20-7-10(2)15(17)18/h3-6,10H,7-8H2,1-2H3,(H,17,18). The van der Waals surface area contributed by atoms with Crippen LogP contribution >= 0.6 is 11.8 Å². The predicted octanol–water partition coefficient (Wildman–Crippen LogP) is 3.06. The van der Waals surface area contributed by atoms with E-state index in [2.05, 4.69) is 0 Å². The van der Waals surface area contributed by atoms with Crippen LogP contribution in [-0.2, 0) is 10.5 Å². The largest absolute Gasteiger partial charge is 0.481 e. The van der Waals surface area contributed by atoms with Crippen LogP contribution in [0.25, 0.3) is 11.0 Å². The molecule has 1 heterocycles. The number of carboxylic acids is 1. The summed E-state index contributed by atoms with van der Waals surface area (Å²) >= 11 is 1.51. The van der Waals surface area contributed by atoms with Crippen LogP contribution in [0.1, 0.15) is 18.1 Å². The van der Waals surface area contributed by atoms with E-state index in [1.54, 1.807) is 6.92 Å². The van der Waals surface area contributed by atoms with Crippen molar-refractivity contribution in [3.63, 3.8) is 0 Å².